The molecule has 7 nitrogen and oxygen atoms in total. The molecule has 1 aliphatic rings. The van der Waals surface area contributed by atoms with E-state index in [2.05, 4.69) is 26.3 Å². The first-order chi connectivity index (χ1) is 12.2. The average molecular weight is 335 g/mol. The van der Waals surface area contributed by atoms with Crippen molar-refractivity contribution in [3.8, 4) is 11.3 Å². The third kappa shape index (κ3) is 3.21. The third-order valence-electron chi connectivity index (χ3n) is 4.24. The van der Waals surface area contributed by atoms with Crippen molar-refractivity contribution in [1.29, 1.82) is 0 Å². The van der Waals surface area contributed by atoms with Crippen LogP contribution < -0.4 is 10.9 Å². The Balaban J connectivity index is 1.57. The van der Waals surface area contributed by atoms with Gasteiger partial charge in [-0.25, -0.2) is 10.1 Å². The van der Waals surface area contributed by atoms with Crippen molar-refractivity contribution in [3.63, 3.8) is 0 Å². The number of nitrogens with zero attached hydrogens (tertiary/aromatic N) is 3. The molecule has 1 aromatic carbocycles. The lowest BCUT2D eigenvalue weighted by molar-refractivity contribution is 0.102. The molecule has 1 amide bonds. The van der Waals surface area contributed by atoms with E-state index >= 15 is 0 Å². The molecule has 0 fully saturated rings. The van der Waals surface area contributed by atoms with E-state index in [1.54, 1.807) is 0 Å². The molecule has 7 heteroatoms. The summed E-state index contributed by atoms with van der Waals surface area (Å²) < 4.78 is 2.20. The molecule has 0 spiro atoms. The second-order valence-corrected chi connectivity index (χ2v) is 6.03. The fraction of sp³-hybridized carbons (Fsp3) is 0.222. The molecule has 2 aromatic heterocycles. The van der Waals surface area contributed by atoms with Crippen molar-refractivity contribution in [1.82, 2.24) is 19.7 Å². The minimum Gasteiger partial charge on any atom is -0.334 e. The number of rotatable bonds is 3. The van der Waals surface area contributed by atoms with E-state index < -0.39 is 0 Å². The minimum atomic E-state index is -0.377. The summed E-state index contributed by atoms with van der Waals surface area (Å²) in [5.74, 6) is 0.741. The molecule has 3 heterocycles. The zero-order valence-electron chi connectivity index (χ0n) is 13.5. The fourth-order valence-corrected chi connectivity index (χ4v) is 2.97. The van der Waals surface area contributed by atoms with E-state index in [1.807, 2.05) is 24.3 Å². The SMILES string of the molecule is O=C(Nc1cccc(-c2cn3c(n2)CCCC3)c1)c1ccc(=O)[nH]n1. The maximum absolute atomic E-state index is 12.2. The quantitative estimate of drug-likeness (QED) is 0.767. The summed E-state index contributed by atoms with van der Waals surface area (Å²) in [7, 11) is 0. The van der Waals surface area contributed by atoms with Crippen molar-refractivity contribution in [2.24, 2.45) is 0 Å². The van der Waals surface area contributed by atoms with Crippen molar-refractivity contribution in [2.75, 3.05) is 5.32 Å². The minimum absolute atomic E-state index is 0.155. The van der Waals surface area contributed by atoms with Crippen LogP contribution in [-0.4, -0.2) is 25.7 Å². The standard InChI is InChI=1S/C18H17N5O2/c24-17-8-7-14(21-22-17)18(25)19-13-5-3-4-12(10-13)15-11-23-9-2-1-6-16(23)20-15/h3-5,7-8,10-11H,1-2,6,9H2,(H,19,25)(H,22,24). The Hall–Kier alpha value is -3.22. The highest BCUT2D eigenvalue weighted by atomic mass is 16.2. The number of carbonyl (C=O) groups is 1. The molecule has 0 unspecified atom stereocenters. The number of anilines is 1. The first-order valence-electron chi connectivity index (χ1n) is 8.22. The Morgan fingerprint density at radius 2 is 2.12 bits per heavy atom. The zero-order chi connectivity index (χ0) is 17.2. The number of nitrogens with one attached hydrogen (secondary N) is 2. The predicted octanol–water partition coefficient (Wildman–Crippen LogP) is 2.22. The number of hydrogen-bond donors (Lipinski definition) is 2. The summed E-state index contributed by atoms with van der Waals surface area (Å²) in [6.45, 7) is 1.01. The van der Waals surface area contributed by atoms with Crippen molar-refractivity contribution in [3.05, 3.63) is 64.5 Å². The number of aryl methyl sites for hydroxylation is 2. The number of carbonyl (C=O) groups excluding carboxylic acids is 1. The maximum atomic E-state index is 12.2. The normalized spacial score (nSPS) is 13.3. The fourth-order valence-electron chi connectivity index (χ4n) is 2.97. The maximum Gasteiger partial charge on any atom is 0.276 e. The lowest BCUT2D eigenvalue weighted by atomic mass is 10.1. The van der Waals surface area contributed by atoms with Crippen LogP contribution in [0.5, 0.6) is 0 Å². The molecule has 0 saturated carbocycles. The van der Waals surface area contributed by atoms with Gasteiger partial charge in [-0.05, 0) is 31.0 Å². The molecule has 1 aliphatic heterocycles. The van der Waals surface area contributed by atoms with Crippen LogP contribution in [-0.2, 0) is 13.0 Å². The Kier molecular flexibility index (Phi) is 3.89. The number of hydrogen-bond acceptors (Lipinski definition) is 4. The molecule has 0 aliphatic carbocycles. The van der Waals surface area contributed by atoms with Gasteiger partial charge in [-0.15, -0.1) is 0 Å². The summed E-state index contributed by atoms with van der Waals surface area (Å²) >= 11 is 0. The average Bonchev–Trinajstić information content (AvgIpc) is 3.07. The van der Waals surface area contributed by atoms with Crippen LogP contribution in [0.15, 0.2) is 47.4 Å². The number of fused-ring (bicyclic) bond motifs is 1. The third-order valence-corrected chi connectivity index (χ3v) is 4.24. The van der Waals surface area contributed by atoms with Crippen LogP contribution in [0.2, 0.25) is 0 Å². The van der Waals surface area contributed by atoms with Gasteiger partial charge in [-0.2, -0.15) is 5.10 Å². The molecule has 0 atom stereocenters. The van der Waals surface area contributed by atoms with Gasteiger partial charge >= 0.3 is 0 Å². The van der Waals surface area contributed by atoms with Gasteiger partial charge in [0.05, 0.1) is 5.69 Å². The van der Waals surface area contributed by atoms with Crippen LogP contribution in [0.1, 0.15) is 29.2 Å². The Morgan fingerprint density at radius 1 is 1.20 bits per heavy atom. The van der Waals surface area contributed by atoms with Crippen molar-refractivity contribution >= 4 is 11.6 Å². The highest BCUT2D eigenvalue weighted by Gasteiger charge is 2.14. The summed E-state index contributed by atoms with van der Waals surface area (Å²) in [6, 6.07) is 10.2. The first-order valence-corrected chi connectivity index (χ1v) is 8.22. The molecule has 25 heavy (non-hydrogen) atoms. The Labute approximate surface area is 143 Å². The van der Waals surface area contributed by atoms with Crippen molar-refractivity contribution in [2.45, 2.75) is 25.8 Å². The summed E-state index contributed by atoms with van der Waals surface area (Å²) in [5.41, 5.74) is 2.33. The monoisotopic (exact) mass is 335 g/mol. The molecule has 0 saturated heterocycles. The summed E-state index contributed by atoms with van der Waals surface area (Å²) in [5, 5.41) is 8.78. The van der Waals surface area contributed by atoms with Gasteiger partial charge in [0.1, 0.15) is 11.5 Å². The number of aromatic amines is 1. The number of amides is 1. The molecular formula is C18H17N5O2. The van der Waals surface area contributed by atoms with E-state index in [-0.39, 0.29) is 17.2 Å². The van der Waals surface area contributed by atoms with Gasteiger partial charge in [0.2, 0.25) is 0 Å². The van der Waals surface area contributed by atoms with Gasteiger partial charge in [0.25, 0.3) is 11.5 Å². The Morgan fingerprint density at radius 3 is 2.92 bits per heavy atom. The largest absolute Gasteiger partial charge is 0.334 e. The molecular weight excluding hydrogens is 318 g/mol. The van der Waals surface area contributed by atoms with Crippen molar-refractivity contribution < 1.29 is 4.79 Å². The van der Waals surface area contributed by atoms with Crippen LogP contribution in [0.25, 0.3) is 11.3 Å². The number of imidazole rings is 1. The second-order valence-electron chi connectivity index (χ2n) is 6.03. The highest BCUT2D eigenvalue weighted by molar-refractivity contribution is 6.02. The smallest absolute Gasteiger partial charge is 0.276 e. The highest BCUT2D eigenvalue weighted by Crippen LogP contribution is 2.25. The molecule has 3 aromatic rings. The van der Waals surface area contributed by atoms with E-state index in [4.69, 9.17) is 4.98 Å². The second kappa shape index (κ2) is 6.35. The van der Waals surface area contributed by atoms with E-state index in [0.29, 0.717) is 5.69 Å². The lowest BCUT2D eigenvalue weighted by Gasteiger charge is -2.11. The van der Waals surface area contributed by atoms with Gasteiger partial charge in [-0.1, -0.05) is 12.1 Å². The summed E-state index contributed by atoms with van der Waals surface area (Å²) in [6.07, 6.45) is 5.44. The molecule has 2 N–H and O–H groups in total. The van der Waals surface area contributed by atoms with Crippen LogP contribution in [0, 0.1) is 0 Å². The first kappa shape index (κ1) is 15.3. The van der Waals surface area contributed by atoms with Crippen LogP contribution in [0.3, 0.4) is 0 Å². The zero-order valence-corrected chi connectivity index (χ0v) is 13.5. The molecule has 0 radical (unpaired) electrons. The van der Waals surface area contributed by atoms with Gasteiger partial charge in [0, 0.05) is 36.5 Å². The topological polar surface area (TPSA) is 92.7 Å². The van der Waals surface area contributed by atoms with Crippen LogP contribution in [0.4, 0.5) is 5.69 Å². The summed E-state index contributed by atoms with van der Waals surface area (Å²) in [4.78, 5) is 28.0. The number of aromatic nitrogens is 4. The van der Waals surface area contributed by atoms with E-state index in [0.717, 1.165) is 30.0 Å². The Bertz CT molecular complexity index is 945. The molecule has 0 bridgehead atoms. The van der Waals surface area contributed by atoms with Crippen LogP contribution >= 0.6 is 0 Å². The van der Waals surface area contributed by atoms with E-state index in [9.17, 15) is 9.59 Å². The molecule has 4 rings (SSSR count). The van der Waals surface area contributed by atoms with Gasteiger partial charge < -0.3 is 9.88 Å². The van der Waals surface area contributed by atoms with Gasteiger partial charge in [-0.3, -0.25) is 9.59 Å². The number of H-pyrrole nitrogens is 1. The lowest BCUT2D eigenvalue weighted by Crippen LogP contribution is -2.17. The molecule has 126 valence electrons. The number of benzene rings is 1. The predicted molar refractivity (Wildman–Crippen MR) is 93.4 cm³/mol. The van der Waals surface area contributed by atoms with E-state index in [1.165, 1.54) is 25.0 Å². The van der Waals surface area contributed by atoms with Gasteiger partial charge in [0.15, 0.2) is 0 Å².